The quantitative estimate of drug-likeness (QED) is 0.144. The highest BCUT2D eigenvalue weighted by atomic mass is 15.0. The standard InChI is InChI=1S/C92H56N8/c1-2-19-61-52-63(41-38-57(61)18-1)90-76-49-44-62(54-80(76)94-91(96-90)60-42-45-65(46-43-60)97-85-34-15-8-26-73(85)77-55-67(47-50-87(77)97)99-81-30-11-4-22-69(81)70-23-5-12-31-82(70)99)58-36-39-59(40-37-58)89-75-28-3-10-29-79(75)93-92(95-89)64-20-17-21-66(53-64)98-86-35-16-9-27-74(86)78-56-68(48-51-88(78)98)100-83-32-13-6-24-71(83)72-25-7-14-33-84(72)100/h1-56H. The molecule has 0 aliphatic carbocycles. The third-order valence-electron chi connectivity index (χ3n) is 20.5. The number of aromatic nitrogens is 8. The van der Waals surface area contributed by atoms with Crippen molar-refractivity contribution in [3.05, 3.63) is 340 Å². The van der Waals surface area contributed by atoms with Gasteiger partial charge in [0, 0.05) is 98.9 Å². The van der Waals surface area contributed by atoms with Gasteiger partial charge in [-0.05, 0) is 155 Å². The second kappa shape index (κ2) is 22.0. The Morgan fingerprint density at radius 2 is 0.550 bits per heavy atom. The number of nitrogens with zero attached hydrogens (tertiary/aromatic N) is 8. The lowest BCUT2D eigenvalue weighted by atomic mass is 9.97. The van der Waals surface area contributed by atoms with Crippen molar-refractivity contribution in [2.24, 2.45) is 0 Å². The fourth-order valence-electron chi connectivity index (χ4n) is 15.9. The zero-order chi connectivity index (χ0) is 65.5. The molecule has 0 radical (unpaired) electrons. The van der Waals surface area contributed by atoms with Crippen molar-refractivity contribution in [2.75, 3.05) is 0 Å². The summed E-state index contributed by atoms with van der Waals surface area (Å²) in [6.45, 7) is 0. The fourth-order valence-corrected chi connectivity index (χ4v) is 15.9. The second-order valence-electron chi connectivity index (χ2n) is 26.1. The zero-order valence-corrected chi connectivity index (χ0v) is 53.9. The Kier molecular flexibility index (Phi) is 12.2. The molecule has 0 N–H and O–H groups in total. The van der Waals surface area contributed by atoms with Gasteiger partial charge in [-0.3, -0.25) is 0 Å². The molecule has 464 valence electrons. The molecule has 100 heavy (non-hydrogen) atoms. The Morgan fingerprint density at radius 1 is 0.170 bits per heavy atom. The molecule has 0 atom stereocenters. The average molecular weight is 1270 g/mol. The minimum atomic E-state index is 0.657. The lowest BCUT2D eigenvalue weighted by molar-refractivity contribution is 1.16. The lowest BCUT2D eigenvalue weighted by Crippen LogP contribution is -1.98. The smallest absolute Gasteiger partial charge is 0.160 e. The Balaban J connectivity index is 0.633. The Bertz CT molecular complexity index is 6860. The van der Waals surface area contributed by atoms with Gasteiger partial charge in [0.25, 0.3) is 0 Å². The predicted molar refractivity (Wildman–Crippen MR) is 415 cm³/mol. The van der Waals surface area contributed by atoms with Crippen LogP contribution in [0.5, 0.6) is 0 Å². The molecule has 0 saturated heterocycles. The van der Waals surface area contributed by atoms with E-state index in [1.165, 1.54) is 70.5 Å². The van der Waals surface area contributed by atoms with Gasteiger partial charge in [-0.25, -0.2) is 19.9 Å². The van der Waals surface area contributed by atoms with E-state index in [0.717, 1.165) is 117 Å². The zero-order valence-electron chi connectivity index (χ0n) is 53.9. The first-order valence-corrected chi connectivity index (χ1v) is 34.0. The number of para-hydroxylation sites is 7. The van der Waals surface area contributed by atoms with Gasteiger partial charge in [0.15, 0.2) is 11.6 Å². The Labute approximate surface area is 573 Å². The highest BCUT2D eigenvalue weighted by Crippen LogP contribution is 2.42. The van der Waals surface area contributed by atoms with Crippen molar-refractivity contribution in [1.29, 1.82) is 0 Å². The van der Waals surface area contributed by atoms with E-state index in [1.54, 1.807) is 0 Å². The van der Waals surface area contributed by atoms with Gasteiger partial charge in [0.2, 0.25) is 0 Å². The summed E-state index contributed by atoms with van der Waals surface area (Å²) in [7, 11) is 0. The number of benzene rings is 15. The second-order valence-corrected chi connectivity index (χ2v) is 26.1. The van der Waals surface area contributed by atoms with Crippen LogP contribution in [0.15, 0.2) is 340 Å². The number of hydrogen-bond donors (Lipinski definition) is 0. The van der Waals surface area contributed by atoms with Crippen molar-refractivity contribution in [3.63, 3.8) is 0 Å². The van der Waals surface area contributed by atoms with E-state index in [1.807, 2.05) is 0 Å². The number of hydrogen-bond acceptors (Lipinski definition) is 4. The van der Waals surface area contributed by atoms with Crippen LogP contribution in [0.3, 0.4) is 0 Å². The molecule has 0 aliphatic heterocycles. The SMILES string of the molecule is c1cc(-c2nc(-c3ccc(-c4ccc5c(-c6ccc7ccccc7c6)nc(-c6ccc(-n7c8ccccc8c8cc(-n9c%10ccccc%10c%10ccccc%109)ccc87)cc6)nc5c4)cc3)c3ccccc3n2)cc(-n2c3ccccc3c3cc(-n4c5ccccc5c5ccccc54)ccc32)c1. The van der Waals surface area contributed by atoms with Crippen LogP contribution in [-0.4, -0.2) is 38.2 Å². The maximum atomic E-state index is 5.45. The third kappa shape index (κ3) is 8.67. The van der Waals surface area contributed by atoms with Crippen LogP contribution in [-0.2, 0) is 0 Å². The van der Waals surface area contributed by atoms with Crippen molar-refractivity contribution < 1.29 is 0 Å². The monoisotopic (exact) mass is 1270 g/mol. The molecular formula is C92H56N8. The molecule has 8 heteroatoms. The molecule has 6 heterocycles. The summed E-state index contributed by atoms with van der Waals surface area (Å²) >= 11 is 0. The normalized spacial score (nSPS) is 12.0. The van der Waals surface area contributed by atoms with Crippen LogP contribution < -0.4 is 0 Å². The van der Waals surface area contributed by atoms with E-state index in [-0.39, 0.29) is 0 Å². The number of fused-ring (bicyclic) bond motifs is 15. The molecule has 6 aromatic heterocycles. The highest BCUT2D eigenvalue weighted by Gasteiger charge is 2.22. The molecule has 0 fully saturated rings. The summed E-state index contributed by atoms with van der Waals surface area (Å²) in [6.07, 6.45) is 0. The highest BCUT2D eigenvalue weighted by molar-refractivity contribution is 6.15. The molecule has 0 bridgehead atoms. The van der Waals surface area contributed by atoms with Gasteiger partial charge >= 0.3 is 0 Å². The molecule has 15 aromatic carbocycles. The van der Waals surface area contributed by atoms with Gasteiger partial charge in [0.05, 0.1) is 66.6 Å². The first kappa shape index (κ1) is 55.7. The number of rotatable bonds is 9. The van der Waals surface area contributed by atoms with E-state index < -0.39 is 0 Å². The minimum absolute atomic E-state index is 0.657. The van der Waals surface area contributed by atoms with E-state index >= 15 is 0 Å². The molecule has 21 rings (SSSR count). The summed E-state index contributed by atoms with van der Waals surface area (Å²) in [5.41, 5.74) is 23.2. The molecule has 0 unspecified atom stereocenters. The average Bonchev–Trinajstić information content (AvgIpc) is 1.56. The summed E-state index contributed by atoms with van der Waals surface area (Å²) in [4.78, 5) is 21.6. The van der Waals surface area contributed by atoms with E-state index in [2.05, 4.69) is 358 Å². The van der Waals surface area contributed by atoms with Crippen LogP contribution in [0, 0.1) is 0 Å². The lowest BCUT2D eigenvalue weighted by Gasteiger charge is -2.14. The topological polar surface area (TPSA) is 71.3 Å². The van der Waals surface area contributed by atoms with Gasteiger partial charge < -0.3 is 18.3 Å². The van der Waals surface area contributed by atoms with Crippen LogP contribution in [0.1, 0.15) is 0 Å². The van der Waals surface area contributed by atoms with Crippen molar-refractivity contribution in [1.82, 2.24) is 38.2 Å². The van der Waals surface area contributed by atoms with E-state index in [4.69, 9.17) is 19.9 Å². The first-order valence-electron chi connectivity index (χ1n) is 34.0. The molecular weight excluding hydrogens is 1220 g/mol. The minimum Gasteiger partial charge on any atom is -0.309 e. The van der Waals surface area contributed by atoms with Crippen LogP contribution in [0.2, 0.25) is 0 Å². The van der Waals surface area contributed by atoms with Crippen LogP contribution >= 0.6 is 0 Å². The summed E-state index contributed by atoms with van der Waals surface area (Å²) in [5, 5.41) is 14.1. The maximum absolute atomic E-state index is 5.45. The first-order chi connectivity index (χ1) is 49.6. The third-order valence-corrected chi connectivity index (χ3v) is 20.5. The largest absolute Gasteiger partial charge is 0.309 e. The summed E-state index contributed by atoms with van der Waals surface area (Å²) < 4.78 is 9.55. The van der Waals surface area contributed by atoms with E-state index in [0.29, 0.717) is 11.6 Å². The van der Waals surface area contributed by atoms with Crippen molar-refractivity contribution in [2.45, 2.75) is 0 Å². The van der Waals surface area contributed by atoms with Crippen LogP contribution in [0.4, 0.5) is 0 Å². The molecule has 8 nitrogen and oxygen atoms in total. The molecule has 21 aromatic rings. The molecule has 0 saturated carbocycles. The summed E-state index contributed by atoms with van der Waals surface area (Å²) in [5.74, 6) is 1.32. The van der Waals surface area contributed by atoms with Crippen molar-refractivity contribution >= 4 is 120 Å². The van der Waals surface area contributed by atoms with E-state index in [9.17, 15) is 0 Å². The van der Waals surface area contributed by atoms with Gasteiger partial charge in [-0.15, -0.1) is 0 Å². The van der Waals surface area contributed by atoms with Gasteiger partial charge in [-0.1, -0.05) is 206 Å². The van der Waals surface area contributed by atoms with Gasteiger partial charge in [0.1, 0.15) is 0 Å². The van der Waals surface area contributed by atoms with Gasteiger partial charge in [-0.2, -0.15) is 0 Å². The maximum Gasteiger partial charge on any atom is 0.160 e. The Morgan fingerprint density at radius 3 is 1.11 bits per heavy atom. The molecule has 0 aliphatic rings. The summed E-state index contributed by atoms with van der Waals surface area (Å²) in [6, 6.07) is 122. The molecule has 0 spiro atoms. The van der Waals surface area contributed by atoms with Crippen molar-refractivity contribution in [3.8, 4) is 79.2 Å². The Hall–Kier alpha value is -13.6. The van der Waals surface area contributed by atoms with Crippen LogP contribution in [0.25, 0.3) is 199 Å². The molecule has 0 amide bonds. The fraction of sp³-hybridized carbons (Fsp3) is 0. The predicted octanol–water partition coefficient (Wildman–Crippen LogP) is 23.4.